The summed E-state index contributed by atoms with van der Waals surface area (Å²) in [7, 11) is 0. The smallest absolute Gasteiger partial charge is 0.323 e. The van der Waals surface area contributed by atoms with E-state index in [0.717, 1.165) is 10.8 Å². The van der Waals surface area contributed by atoms with Crippen molar-refractivity contribution in [3.63, 3.8) is 0 Å². The Morgan fingerprint density at radius 3 is 2.64 bits per heavy atom. The summed E-state index contributed by atoms with van der Waals surface area (Å²) in [5, 5.41) is 4.79. The van der Waals surface area contributed by atoms with Crippen LogP contribution in [0.3, 0.4) is 0 Å². The molecule has 0 radical (unpaired) electrons. The van der Waals surface area contributed by atoms with Gasteiger partial charge in [-0.05, 0) is 29.3 Å². The van der Waals surface area contributed by atoms with Gasteiger partial charge < -0.3 is 20.0 Å². The predicted octanol–water partition coefficient (Wildman–Crippen LogP) is 1.97. The van der Waals surface area contributed by atoms with Crippen LogP contribution in [0.5, 0.6) is 0 Å². The van der Waals surface area contributed by atoms with Crippen LogP contribution in [0, 0.1) is 0 Å². The number of H-pyrrole nitrogens is 2. The van der Waals surface area contributed by atoms with Gasteiger partial charge in [-0.2, -0.15) is 0 Å². The van der Waals surface area contributed by atoms with Crippen LogP contribution in [-0.4, -0.2) is 28.5 Å². The third kappa shape index (κ3) is 4.57. The lowest BCUT2D eigenvalue weighted by Crippen LogP contribution is -2.21. The van der Waals surface area contributed by atoms with Crippen molar-refractivity contribution in [1.82, 2.24) is 9.97 Å². The molecule has 1 amide bonds. The van der Waals surface area contributed by atoms with Crippen molar-refractivity contribution in [3.8, 4) is 0 Å². The number of ether oxygens (including phenoxy) is 1. The lowest BCUT2D eigenvalue weighted by molar-refractivity contribution is -0.147. The van der Waals surface area contributed by atoms with E-state index in [1.165, 1.54) is 6.20 Å². The Morgan fingerprint density at radius 2 is 1.88 bits per heavy atom. The highest BCUT2D eigenvalue weighted by Crippen LogP contribution is 2.18. The number of aryl methyl sites for hydroxylation is 1. The Bertz CT molecular complexity index is 958. The number of imidazole rings is 1. The van der Waals surface area contributed by atoms with E-state index < -0.39 is 11.9 Å². The minimum absolute atomic E-state index is 0.0804. The second kappa shape index (κ2) is 7.48. The molecule has 7 nitrogen and oxygen atoms in total. The van der Waals surface area contributed by atoms with E-state index in [0.29, 0.717) is 17.8 Å². The molecule has 3 aromatic rings. The molecule has 1 heterocycles. The Labute approximate surface area is 143 Å². The van der Waals surface area contributed by atoms with Crippen LogP contribution in [0.4, 0.5) is 5.69 Å². The van der Waals surface area contributed by atoms with Gasteiger partial charge in [0.05, 0.1) is 6.42 Å². The molecule has 0 fully saturated rings. The van der Waals surface area contributed by atoms with Crippen LogP contribution < -0.4 is 11.0 Å². The molecule has 0 aliphatic heterocycles. The fourth-order valence-corrected chi connectivity index (χ4v) is 2.42. The number of hydrogen-bond donors (Lipinski definition) is 3. The Hall–Kier alpha value is -3.35. The van der Waals surface area contributed by atoms with E-state index in [-0.39, 0.29) is 18.7 Å². The number of aromatic amines is 2. The molecule has 0 aliphatic carbocycles. The minimum Gasteiger partial charge on any atom is -0.456 e. The van der Waals surface area contributed by atoms with Gasteiger partial charge >= 0.3 is 11.7 Å². The first kappa shape index (κ1) is 16.5. The summed E-state index contributed by atoms with van der Waals surface area (Å²) < 4.78 is 4.94. The molecule has 0 atom stereocenters. The van der Waals surface area contributed by atoms with Gasteiger partial charge in [0.15, 0.2) is 6.61 Å². The maximum Gasteiger partial charge on any atom is 0.323 e. The molecule has 3 N–H and O–H groups in total. The Balaban J connectivity index is 1.46. The lowest BCUT2D eigenvalue weighted by Gasteiger charge is -2.07. The quantitative estimate of drug-likeness (QED) is 0.597. The number of fused-ring (bicyclic) bond motifs is 1. The summed E-state index contributed by atoms with van der Waals surface area (Å²) >= 11 is 0. The molecule has 0 aliphatic rings. The molecule has 0 saturated carbocycles. The van der Waals surface area contributed by atoms with Crippen molar-refractivity contribution >= 4 is 28.3 Å². The number of carbonyl (C=O) groups is 2. The van der Waals surface area contributed by atoms with Gasteiger partial charge in [-0.15, -0.1) is 0 Å². The third-order valence-electron chi connectivity index (χ3n) is 3.65. The van der Waals surface area contributed by atoms with Gasteiger partial charge in [-0.1, -0.05) is 30.3 Å². The number of rotatable bonds is 6. The highest BCUT2D eigenvalue weighted by molar-refractivity contribution is 5.95. The lowest BCUT2D eigenvalue weighted by atomic mass is 10.1. The van der Waals surface area contributed by atoms with Crippen LogP contribution in [-0.2, 0) is 20.7 Å². The second-order valence-corrected chi connectivity index (χ2v) is 5.54. The molecule has 0 unspecified atom stereocenters. The zero-order valence-electron chi connectivity index (χ0n) is 13.4. The van der Waals surface area contributed by atoms with Crippen molar-refractivity contribution in [2.45, 2.75) is 12.8 Å². The van der Waals surface area contributed by atoms with Crippen LogP contribution in [0.25, 0.3) is 10.8 Å². The average molecular weight is 339 g/mol. The number of nitrogens with one attached hydrogen (secondary N) is 3. The fraction of sp³-hybridized carbons (Fsp3) is 0.167. The number of amides is 1. The maximum absolute atomic E-state index is 11.9. The van der Waals surface area contributed by atoms with Gasteiger partial charge in [0.1, 0.15) is 0 Å². The molecule has 2 aromatic carbocycles. The number of anilines is 1. The zero-order chi connectivity index (χ0) is 17.6. The highest BCUT2D eigenvalue weighted by atomic mass is 16.5. The third-order valence-corrected chi connectivity index (χ3v) is 3.65. The minimum atomic E-state index is -0.504. The van der Waals surface area contributed by atoms with Crippen LogP contribution in [0.15, 0.2) is 53.5 Å². The van der Waals surface area contributed by atoms with E-state index >= 15 is 0 Å². The van der Waals surface area contributed by atoms with E-state index in [2.05, 4.69) is 15.3 Å². The predicted molar refractivity (Wildman–Crippen MR) is 93.3 cm³/mol. The van der Waals surface area contributed by atoms with Crippen LogP contribution in [0.2, 0.25) is 0 Å². The molecule has 0 bridgehead atoms. The summed E-state index contributed by atoms with van der Waals surface area (Å²) in [5.74, 6) is -0.908. The topological polar surface area (TPSA) is 104 Å². The van der Waals surface area contributed by atoms with Crippen molar-refractivity contribution in [2.75, 3.05) is 11.9 Å². The zero-order valence-corrected chi connectivity index (χ0v) is 13.4. The maximum atomic E-state index is 11.9. The second-order valence-electron chi connectivity index (χ2n) is 5.54. The number of esters is 1. The van der Waals surface area contributed by atoms with Gasteiger partial charge in [0, 0.05) is 17.6 Å². The molecule has 0 saturated heterocycles. The first-order valence-corrected chi connectivity index (χ1v) is 7.81. The van der Waals surface area contributed by atoms with Crippen molar-refractivity contribution in [2.24, 2.45) is 0 Å². The molecule has 25 heavy (non-hydrogen) atoms. The van der Waals surface area contributed by atoms with Crippen LogP contribution in [0.1, 0.15) is 12.1 Å². The summed E-state index contributed by atoms with van der Waals surface area (Å²) in [5.41, 5.74) is 0.936. The summed E-state index contributed by atoms with van der Waals surface area (Å²) in [6, 6.07) is 13.4. The molecular formula is C18H17N3O4. The number of aromatic nitrogens is 2. The molecule has 1 aromatic heterocycles. The Kier molecular flexibility index (Phi) is 4.94. The summed E-state index contributed by atoms with van der Waals surface area (Å²) in [4.78, 5) is 39.5. The van der Waals surface area contributed by atoms with Crippen molar-refractivity contribution < 1.29 is 14.3 Å². The van der Waals surface area contributed by atoms with Gasteiger partial charge in [-0.25, -0.2) is 4.79 Å². The van der Waals surface area contributed by atoms with Gasteiger partial charge in [-0.3, -0.25) is 9.59 Å². The largest absolute Gasteiger partial charge is 0.456 e. The number of carbonyl (C=O) groups excluding carboxylic acids is 2. The average Bonchev–Trinajstić information content (AvgIpc) is 3.03. The SMILES string of the molecule is O=C(COC(=O)CCc1c[nH]c(=O)[nH]1)Nc1ccc2ccccc2c1. The summed E-state index contributed by atoms with van der Waals surface area (Å²) in [6.07, 6.45) is 1.92. The molecule has 0 spiro atoms. The summed E-state index contributed by atoms with van der Waals surface area (Å²) in [6.45, 7) is -0.352. The normalized spacial score (nSPS) is 10.6. The van der Waals surface area contributed by atoms with Gasteiger partial charge in [0.2, 0.25) is 0 Å². The van der Waals surface area contributed by atoms with Crippen molar-refractivity contribution in [1.29, 1.82) is 0 Å². The first-order valence-electron chi connectivity index (χ1n) is 7.81. The van der Waals surface area contributed by atoms with Gasteiger partial charge in [0.25, 0.3) is 5.91 Å². The van der Waals surface area contributed by atoms with E-state index in [9.17, 15) is 14.4 Å². The molecular weight excluding hydrogens is 322 g/mol. The molecule has 3 rings (SSSR count). The highest BCUT2D eigenvalue weighted by Gasteiger charge is 2.09. The first-order chi connectivity index (χ1) is 12.1. The van der Waals surface area contributed by atoms with E-state index in [4.69, 9.17) is 4.74 Å². The molecule has 128 valence electrons. The monoisotopic (exact) mass is 339 g/mol. The van der Waals surface area contributed by atoms with Crippen molar-refractivity contribution in [3.05, 3.63) is 64.8 Å². The van der Waals surface area contributed by atoms with Crippen LogP contribution >= 0.6 is 0 Å². The molecule has 7 heteroatoms. The number of hydrogen-bond acceptors (Lipinski definition) is 4. The van der Waals surface area contributed by atoms with E-state index in [1.807, 2.05) is 36.4 Å². The fourth-order valence-electron chi connectivity index (χ4n) is 2.42. The Morgan fingerprint density at radius 1 is 1.08 bits per heavy atom. The standard InChI is InChI=1S/C18H17N3O4/c22-16(11-25-17(23)8-7-15-10-19-18(24)21-15)20-14-6-5-12-3-1-2-4-13(12)9-14/h1-6,9-10H,7-8,11H2,(H,20,22)(H2,19,21,24). The number of benzene rings is 2. The van der Waals surface area contributed by atoms with E-state index in [1.54, 1.807) is 6.07 Å².